The van der Waals surface area contributed by atoms with E-state index in [0.29, 0.717) is 17.9 Å². The molecule has 2 unspecified atom stereocenters. The highest BCUT2D eigenvalue weighted by molar-refractivity contribution is 7.91. The largest absolute Gasteiger partial charge is 0.368 e. The predicted molar refractivity (Wildman–Crippen MR) is 97.4 cm³/mol. The third-order valence-electron chi connectivity index (χ3n) is 4.27. The molecule has 134 valence electrons. The summed E-state index contributed by atoms with van der Waals surface area (Å²) in [7, 11) is -3.61. The molecule has 7 heteroatoms. The quantitative estimate of drug-likeness (QED) is 0.838. The van der Waals surface area contributed by atoms with Crippen molar-refractivity contribution < 1.29 is 17.9 Å². The maximum absolute atomic E-state index is 13.1. The molecule has 1 fully saturated rings. The molecule has 1 aliphatic rings. The molecule has 2 heterocycles. The Bertz CT molecular complexity index is 807. The molecule has 1 aliphatic heterocycles. The second-order valence-electron chi connectivity index (χ2n) is 6.11. The summed E-state index contributed by atoms with van der Waals surface area (Å²) in [4.78, 5) is 13.2. The van der Waals surface area contributed by atoms with Gasteiger partial charge < -0.3 is 10.1 Å². The molecule has 25 heavy (non-hydrogen) atoms. The standard InChI is InChI=1S/C18H21NO4S2/c1-13-6-8-14(9-7-13)25(21,22)17(16-5-3-11-24-16)12-19-18(20)15-4-2-10-23-15/h3,5-9,11,15,17H,2,4,10,12H2,1H3,(H,19,20). The van der Waals surface area contributed by atoms with Crippen molar-refractivity contribution in [1.29, 1.82) is 0 Å². The Labute approximate surface area is 151 Å². The summed E-state index contributed by atoms with van der Waals surface area (Å²) in [5.74, 6) is -0.238. The van der Waals surface area contributed by atoms with E-state index >= 15 is 0 Å². The molecule has 1 amide bonds. The maximum Gasteiger partial charge on any atom is 0.249 e. The van der Waals surface area contributed by atoms with E-state index in [1.165, 1.54) is 11.3 Å². The number of nitrogens with one attached hydrogen (secondary N) is 1. The zero-order valence-electron chi connectivity index (χ0n) is 14.0. The van der Waals surface area contributed by atoms with Gasteiger partial charge in [0, 0.05) is 18.0 Å². The first kappa shape index (κ1) is 18.1. The van der Waals surface area contributed by atoms with E-state index in [-0.39, 0.29) is 17.3 Å². The third kappa shape index (κ3) is 4.11. The van der Waals surface area contributed by atoms with Crippen LogP contribution in [0.3, 0.4) is 0 Å². The average Bonchev–Trinajstić information content (AvgIpc) is 3.29. The van der Waals surface area contributed by atoms with Gasteiger partial charge in [0.05, 0.1) is 4.90 Å². The molecule has 3 rings (SSSR count). The molecule has 0 bridgehead atoms. The van der Waals surface area contributed by atoms with E-state index in [9.17, 15) is 13.2 Å². The van der Waals surface area contributed by atoms with Crippen molar-refractivity contribution in [3.8, 4) is 0 Å². The Kier molecular flexibility index (Phi) is 5.56. The van der Waals surface area contributed by atoms with Crippen molar-refractivity contribution >= 4 is 27.1 Å². The lowest BCUT2D eigenvalue weighted by Crippen LogP contribution is -2.38. The van der Waals surface area contributed by atoms with Crippen LogP contribution in [-0.4, -0.2) is 33.6 Å². The minimum Gasteiger partial charge on any atom is -0.368 e. The van der Waals surface area contributed by atoms with Gasteiger partial charge >= 0.3 is 0 Å². The van der Waals surface area contributed by atoms with Crippen LogP contribution in [0, 0.1) is 6.92 Å². The number of hydrogen-bond acceptors (Lipinski definition) is 5. The maximum atomic E-state index is 13.1. The van der Waals surface area contributed by atoms with Gasteiger partial charge in [-0.3, -0.25) is 4.79 Å². The SMILES string of the molecule is Cc1ccc(S(=O)(=O)C(CNC(=O)C2CCCO2)c2cccs2)cc1. The van der Waals surface area contributed by atoms with Crippen LogP contribution >= 0.6 is 11.3 Å². The van der Waals surface area contributed by atoms with Gasteiger partial charge in [0.1, 0.15) is 11.4 Å². The predicted octanol–water partition coefficient (Wildman–Crippen LogP) is 2.87. The van der Waals surface area contributed by atoms with Crippen LogP contribution in [0.25, 0.3) is 0 Å². The minimum absolute atomic E-state index is 0.0371. The summed E-state index contributed by atoms with van der Waals surface area (Å²) >= 11 is 1.38. The lowest BCUT2D eigenvalue weighted by molar-refractivity contribution is -0.130. The van der Waals surface area contributed by atoms with Gasteiger partial charge in [0.2, 0.25) is 5.91 Å². The summed E-state index contributed by atoms with van der Waals surface area (Å²) in [6.07, 6.45) is 1.07. The summed E-state index contributed by atoms with van der Waals surface area (Å²) in [6.45, 7) is 2.53. The fourth-order valence-corrected chi connectivity index (χ4v) is 5.61. The van der Waals surface area contributed by atoms with Crippen LogP contribution in [0.1, 0.15) is 28.5 Å². The molecule has 0 radical (unpaired) electrons. The number of ether oxygens (including phenoxy) is 1. The monoisotopic (exact) mass is 379 g/mol. The number of hydrogen-bond donors (Lipinski definition) is 1. The number of benzene rings is 1. The Balaban J connectivity index is 1.82. The highest BCUT2D eigenvalue weighted by Crippen LogP contribution is 2.31. The summed E-state index contributed by atoms with van der Waals surface area (Å²) in [5.41, 5.74) is 0.998. The molecular formula is C18H21NO4S2. The smallest absolute Gasteiger partial charge is 0.249 e. The van der Waals surface area contributed by atoms with Gasteiger partial charge in [-0.2, -0.15) is 0 Å². The van der Waals surface area contributed by atoms with Crippen molar-refractivity contribution in [2.45, 2.75) is 36.0 Å². The fraction of sp³-hybridized carbons (Fsp3) is 0.389. The zero-order valence-corrected chi connectivity index (χ0v) is 15.6. The van der Waals surface area contributed by atoms with E-state index in [0.717, 1.165) is 12.0 Å². The summed E-state index contributed by atoms with van der Waals surface area (Å²) in [5, 5.41) is 3.80. The fourth-order valence-electron chi connectivity index (χ4n) is 2.82. The Morgan fingerprint density at radius 1 is 1.32 bits per heavy atom. The van der Waals surface area contributed by atoms with E-state index in [1.54, 1.807) is 30.3 Å². The number of aryl methyl sites for hydroxylation is 1. The van der Waals surface area contributed by atoms with Crippen LogP contribution < -0.4 is 5.32 Å². The zero-order chi connectivity index (χ0) is 17.9. The molecule has 0 aliphatic carbocycles. The van der Waals surface area contributed by atoms with E-state index in [4.69, 9.17) is 4.74 Å². The minimum atomic E-state index is -3.61. The highest BCUT2D eigenvalue weighted by atomic mass is 32.2. The first-order valence-electron chi connectivity index (χ1n) is 8.22. The van der Waals surface area contributed by atoms with Gasteiger partial charge in [-0.1, -0.05) is 23.8 Å². The van der Waals surface area contributed by atoms with Crippen molar-refractivity contribution in [3.63, 3.8) is 0 Å². The van der Waals surface area contributed by atoms with Gasteiger partial charge in [0.25, 0.3) is 0 Å². The Hall–Kier alpha value is -1.70. The molecule has 1 N–H and O–H groups in total. The molecule has 5 nitrogen and oxygen atoms in total. The topological polar surface area (TPSA) is 72.5 Å². The molecule has 2 aromatic rings. The van der Waals surface area contributed by atoms with Crippen LogP contribution in [0.15, 0.2) is 46.7 Å². The van der Waals surface area contributed by atoms with Gasteiger partial charge in [-0.05, 0) is 43.3 Å². The highest BCUT2D eigenvalue weighted by Gasteiger charge is 2.32. The van der Waals surface area contributed by atoms with Crippen molar-refractivity contribution in [1.82, 2.24) is 5.32 Å². The molecule has 1 saturated heterocycles. The Morgan fingerprint density at radius 2 is 2.08 bits per heavy atom. The van der Waals surface area contributed by atoms with Crippen molar-refractivity contribution in [2.75, 3.05) is 13.2 Å². The van der Waals surface area contributed by atoms with E-state index in [2.05, 4.69) is 5.32 Å². The molecule has 1 aromatic heterocycles. The van der Waals surface area contributed by atoms with Crippen LogP contribution in [0.4, 0.5) is 0 Å². The molecule has 1 aromatic carbocycles. The second-order valence-corrected chi connectivity index (χ2v) is 9.22. The van der Waals surface area contributed by atoms with Crippen LogP contribution in [0.5, 0.6) is 0 Å². The molecule has 0 spiro atoms. The molecular weight excluding hydrogens is 358 g/mol. The lowest BCUT2D eigenvalue weighted by atomic mass is 10.2. The number of carbonyl (C=O) groups is 1. The van der Waals surface area contributed by atoms with Gasteiger partial charge in [-0.25, -0.2) is 8.42 Å². The number of amides is 1. The summed E-state index contributed by atoms with van der Waals surface area (Å²) < 4.78 is 31.6. The van der Waals surface area contributed by atoms with Gasteiger partial charge in [0.15, 0.2) is 9.84 Å². The number of carbonyl (C=O) groups excluding carboxylic acids is 1. The molecule has 2 atom stereocenters. The van der Waals surface area contributed by atoms with E-state index < -0.39 is 21.2 Å². The van der Waals surface area contributed by atoms with Gasteiger partial charge in [-0.15, -0.1) is 11.3 Å². The Morgan fingerprint density at radius 3 is 2.68 bits per heavy atom. The number of thiophene rings is 1. The van der Waals surface area contributed by atoms with Crippen molar-refractivity contribution in [2.24, 2.45) is 0 Å². The normalized spacial score (nSPS) is 18.8. The lowest BCUT2D eigenvalue weighted by Gasteiger charge is -2.19. The average molecular weight is 380 g/mol. The van der Waals surface area contributed by atoms with Crippen molar-refractivity contribution in [3.05, 3.63) is 52.2 Å². The van der Waals surface area contributed by atoms with Crippen LogP contribution in [-0.2, 0) is 19.4 Å². The van der Waals surface area contributed by atoms with Crippen LogP contribution in [0.2, 0.25) is 0 Å². The first-order valence-corrected chi connectivity index (χ1v) is 10.6. The second kappa shape index (κ2) is 7.68. The number of sulfone groups is 1. The molecule has 0 saturated carbocycles. The third-order valence-corrected chi connectivity index (χ3v) is 7.50. The van der Waals surface area contributed by atoms with E-state index in [1.807, 2.05) is 18.4 Å². The summed E-state index contributed by atoms with van der Waals surface area (Å²) in [6, 6.07) is 10.4. The first-order chi connectivity index (χ1) is 12.0. The number of rotatable bonds is 6.